The Morgan fingerprint density at radius 3 is 2.93 bits per heavy atom. The number of carbonyl (C=O) groups is 2. The van der Waals surface area contributed by atoms with Crippen LogP contribution in [-0.2, 0) is 20.7 Å². The van der Waals surface area contributed by atoms with Crippen molar-refractivity contribution in [3.05, 3.63) is 54.4 Å². The molecule has 0 aromatic carbocycles. The first-order valence-electron chi connectivity index (χ1n) is 9.33. The summed E-state index contributed by atoms with van der Waals surface area (Å²) in [5.41, 5.74) is 1.17. The Balaban J connectivity index is 1.32. The summed E-state index contributed by atoms with van der Waals surface area (Å²) < 4.78 is 18.9. The number of likely N-dealkylation sites (tertiary alicyclic amines) is 1. The molecule has 2 aromatic heterocycles. The quantitative estimate of drug-likeness (QED) is 0.869. The summed E-state index contributed by atoms with van der Waals surface area (Å²) in [6.45, 7) is 1.09. The van der Waals surface area contributed by atoms with Crippen molar-refractivity contribution in [3.8, 4) is 0 Å². The van der Waals surface area contributed by atoms with Crippen molar-refractivity contribution in [2.24, 2.45) is 5.92 Å². The molecule has 1 N–H and O–H groups in total. The largest absolute Gasteiger partial charge is 0.363 e. The number of nitrogens with zero attached hydrogens (tertiary/aromatic N) is 3. The molecule has 4 heterocycles. The molecular formula is C20H21FN4O3. The van der Waals surface area contributed by atoms with Crippen molar-refractivity contribution >= 4 is 17.5 Å². The maximum atomic E-state index is 13.0. The molecule has 0 saturated carbocycles. The van der Waals surface area contributed by atoms with E-state index in [9.17, 15) is 14.0 Å². The molecule has 146 valence electrons. The summed E-state index contributed by atoms with van der Waals surface area (Å²) in [5, 5.41) is 2.82. The van der Waals surface area contributed by atoms with Gasteiger partial charge in [-0.15, -0.1) is 0 Å². The standard InChI is InChI=1S/C20H21FN4O3/c21-14-3-4-15(23-10-14)9-19(26)25-7-5-13-8-17(28-18(13)12-25)20(27)24-16-2-1-6-22-11-16/h1-4,6,10-11,13,17-18H,5,7-9,12H2,(H,24,27)/t13-,17+,18-/m0/s1. The highest BCUT2D eigenvalue weighted by molar-refractivity contribution is 5.94. The van der Waals surface area contributed by atoms with Crippen molar-refractivity contribution in [1.29, 1.82) is 0 Å². The number of piperidine rings is 1. The van der Waals surface area contributed by atoms with E-state index in [2.05, 4.69) is 15.3 Å². The van der Waals surface area contributed by atoms with Crippen LogP contribution in [0.4, 0.5) is 10.1 Å². The molecule has 0 unspecified atom stereocenters. The summed E-state index contributed by atoms with van der Waals surface area (Å²) in [4.78, 5) is 34.7. The second kappa shape index (κ2) is 8.02. The van der Waals surface area contributed by atoms with Crippen LogP contribution >= 0.6 is 0 Å². The van der Waals surface area contributed by atoms with Gasteiger partial charge in [0.15, 0.2) is 0 Å². The van der Waals surface area contributed by atoms with Crippen molar-refractivity contribution in [2.45, 2.75) is 31.5 Å². The number of rotatable bonds is 4. The van der Waals surface area contributed by atoms with Crippen LogP contribution in [0.2, 0.25) is 0 Å². The van der Waals surface area contributed by atoms with Gasteiger partial charge < -0.3 is 15.0 Å². The third kappa shape index (κ3) is 4.17. The molecule has 4 rings (SSSR count). The number of ether oxygens (including phenoxy) is 1. The molecule has 7 nitrogen and oxygen atoms in total. The minimum atomic E-state index is -0.524. The van der Waals surface area contributed by atoms with Gasteiger partial charge in [-0.2, -0.15) is 0 Å². The number of hydrogen-bond donors (Lipinski definition) is 1. The van der Waals surface area contributed by atoms with Gasteiger partial charge in [0.2, 0.25) is 5.91 Å². The smallest absolute Gasteiger partial charge is 0.253 e. The summed E-state index contributed by atoms with van der Waals surface area (Å²) >= 11 is 0. The molecule has 28 heavy (non-hydrogen) atoms. The number of amides is 2. The lowest BCUT2D eigenvalue weighted by molar-refractivity contribution is -0.136. The van der Waals surface area contributed by atoms with Crippen LogP contribution in [0.3, 0.4) is 0 Å². The molecule has 2 saturated heterocycles. The lowest BCUT2D eigenvalue weighted by atomic mass is 9.91. The monoisotopic (exact) mass is 384 g/mol. The molecule has 2 fully saturated rings. The van der Waals surface area contributed by atoms with E-state index in [1.165, 1.54) is 12.1 Å². The lowest BCUT2D eigenvalue weighted by Gasteiger charge is -2.34. The molecule has 0 bridgehead atoms. The van der Waals surface area contributed by atoms with Crippen molar-refractivity contribution < 1.29 is 18.7 Å². The van der Waals surface area contributed by atoms with E-state index in [0.717, 1.165) is 12.6 Å². The van der Waals surface area contributed by atoms with E-state index in [0.29, 0.717) is 30.9 Å². The van der Waals surface area contributed by atoms with E-state index in [1.54, 1.807) is 29.4 Å². The fourth-order valence-corrected chi connectivity index (χ4v) is 3.76. The van der Waals surface area contributed by atoms with Gasteiger partial charge in [-0.3, -0.25) is 19.6 Å². The highest BCUT2D eigenvalue weighted by atomic mass is 19.1. The first-order valence-corrected chi connectivity index (χ1v) is 9.33. The summed E-state index contributed by atoms with van der Waals surface area (Å²) in [7, 11) is 0. The average Bonchev–Trinajstić information content (AvgIpc) is 3.14. The first kappa shape index (κ1) is 18.5. The fraction of sp³-hybridized carbons (Fsp3) is 0.400. The molecule has 0 radical (unpaired) electrons. The van der Waals surface area contributed by atoms with Gasteiger partial charge >= 0.3 is 0 Å². The highest BCUT2D eigenvalue weighted by Gasteiger charge is 2.42. The van der Waals surface area contributed by atoms with Gasteiger partial charge in [-0.25, -0.2) is 4.39 Å². The van der Waals surface area contributed by atoms with E-state index >= 15 is 0 Å². The fourth-order valence-electron chi connectivity index (χ4n) is 3.76. The topological polar surface area (TPSA) is 84.4 Å². The molecule has 2 amide bonds. The number of fused-ring (bicyclic) bond motifs is 1. The Kier molecular flexibility index (Phi) is 5.29. The van der Waals surface area contributed by atoms with Gasteiger partial charge in [0.05, 0.1) is 30.6 Å². The van der Waals surface area contributed by atoms with E-state index in [-0.39, 0.29) is 30.3 Å². The van der Waals surface area contributed by atoms with Crippen molar-refractivity contribution in [1.82, 2.24) is 14.9 Å². The predicted molar refractivity (Wildman–Crippen MR) is 98.7 cm³/mol. The molecule has 0 aliphatic carbocycles. The molecular weight excluding hydrogens is 363 g/mol. The Hall–Kier alpha value is -2.87. The van der Waals surface area contributed by atoms with Crippen molar-refractivity contribution in [2.75, 3.05) is 18.4 Å². The predicted octanol–water partition coefficient (Wildman–Crippen LogP) is 1.80. The third-order valence-electron chi connectivity index (χ3n) is 5.25. The number of pyridine rings is 2. The number of halogens is 1. The summed E-state index contributed by atoms with van der Waals surface area (Å²) in [5.74, 6) is -0.412. The van der Waals surface area contributed by atoms with Gasteiger partial charge in [0.25, 0.3) is 5.91 Å². The van der Waals surface area contributed by atoms with E-state index in [1.807, 2.05) is 0 Å². The zero-order valence-corrected chi connectivity index (χ0v) is 15.3. The van der Waals surface area contributed by atoms with Crippen LogP contribution in [0.15, 0.2) is 42.9 Å². The number of aromatic nitrogens is 2. The van der Waals surface area contributed by atoms with Gasteiger partial charge in [-0.05, 0) is 43.0 Å². The average molecular weight is 384 g/mol. The van der Waals surface area contributed by atoms with E-state index < -0.39 is 11.9 Å². The Morgan fingerprint density at radius 2 is 2.18 bits per heavy atom. The minimum Gasteiger partial charge on any atom is -0.363 e. The van der Waals surface area contributed by atoms with Crippen LogP contribution in [-0.4, -0.2) is 52.0 Å². The van der Waals surface area contributed by atoms with Crippen LogP contribution in [0.25, 0.3) is 0 Å². The second-order valence-corrected chi connectivity index (χ2v) is 7.16. The minimum absolute atomic E-state index is 0.0654. The molecule has 2 aromatic rings. The zero-order chi connectivity index (χ0) is 19.5. The van der Waals surface area contributed by atoms with Gasteiger partial charge in [0.1, 0.15) is 11.9 Å². The Bertz CT molecular complexity index is 846. The molecule has 3 atom stereocenters. The molecule has 2 aliphatic rings. The Morgan fingerprint density at radius 1 is 1.29 bits per heavy atom. The summed E-state index contributed by atoms with van der Waals surface area (Å²) in [6, 6.07) is 6.35. The molecule has 0 spiro atoms. The summed E-state index contributed by atoms with van der Waals surface area (Å²) in [6.07, 6.45) is 5.24. The van der Waals surface area contributed by atoms with Gasteiger partial charge in [-0.1, -0.05) is 0 Å². The van der Waals surface area contributed by atoms with E-state index in [4.69, 9.17) is 4.74 Å². The maximum absolute atomic E-state index is 13.0. The highest BCUT2D eigenvalue weighted by Crippen LogP contribution is 2.34. The second-order valence-electron chi connectivity index (χ2n) is 7.16. The van der Waals surface area contributed by atoms with Crippen molar-refractivity contribution in [3.63, 3.8) is 0 Å². The van der Waals surface area contributed by atoms with Crippen LogP contribution in [0.1, 0.15) is 18.5 Å². The lowest BCUT2D eigenvalue weighted by Crippen LogP contribution is -2.46. The normalized spacial score (nSPS) is 23.9. The van der Waals surface area contributed by atoms with Crippen LogP contribution < -0.4 is 5.32 Å². The number of hydrogen-bond acceptors (Lipinski definition) is 5. The SMILES string of the molecule is O=C(Nc1cccnc1)[C@H]1C[C@@H]2CCN(C(=O)Cc3ccc(F)cn3)C[C@@H]2O1. The van der Waals surface area contributed by atoms with Gasteiger partial charge in [0, 0.05) is 25.0 Å². The maximum Gasteiger partial charge on any atom is 0.253 e. The number of anilines is 1. The zero-order valence-electron chi connectivity index (χ0n) is 15.3. The third-order valence-corrected chi connectivity index (χ3v) is 5.25. The number of carbonyl (C=O) groups excluding carboxylic acids is 2. The van der Waals surface area contributed by atoms with Crippen LogP contribution in [0, 0.1) is 11.7 Å². The molecule has 2 aliphatic heterocycles. The Labute approximate surface area is 161 Å². The first-order chi connectivity index (χ1) is 13.6. The van der Waals surface area contributed by atoms with Crippen LogP contribution in [0.5, 0.6) is 0 Å². The number of nitrogens with one attached hydrogen (secondary N) is 1. The molecule has 8 heteroatoms.